The first-order chi connectivity index (χ1) is 11.7. The van der Waals surface area contributed by atoms with E-state index >= 15 is 0 Å². The molecular weight excluding hydrogens is 302 g/mol. The molecule has 0 aliphatic carbocycles. The van der Waals surface area contributed by atoms with Crippen molar-refractivity contribution in [1.82, 2.24) is 5.32 Å². The second-order valence-electron chi connectivity index (χ2n) is 6.03. The average molecular weight is 325 g/mol. The van der Waals surface area contributed by atoms with Crippen LogP contribution in [0.25, 0.3) is 0 Å². The Balaban J connectivity index is 1.51. The van der Waals surface area contributed by atoms with E-state index in [0.29, 0.717) is 26.2 Å². The van der Waals surface area contributed by atoms with E-state index in [1.807, 2.05) is 30.3 Å². The maximum atomic E-state index is 12.1. The number of rotatable bonds is 5. The third-order valence-electron chi connectivity index (χ3n) is 4.18. The lowest BCUT2D eigenvalue weighted by Crippen LogP contribution is -2.23. The maximum absolute atomic E-state index is 12.1. The lowest BCUT2D eigenvalue weighted by Gasteiger charge is -2.10. The Labute approximate surface area is 142 Å². The van der Waals surface area contributed by atoms with Crippen LogP contribution in [0.5, 0.6) is 11.5 Å². The Hall–Kier alpha value is -2.49. The summed E-state index contributed by atoms with van der Waals surface area (Å²) < 4.78 is 11.3. The number of fused-ring (bicyclic) bond motifs is 1. The summed E-state index contributed by atoms with van der Waals surface area (Å²) in [6.07, 6.45) is 2.15. The van der Waals surface area contributed by atoms with Gasteiger partial charge in [0, 0.05) is 19.4 Å². The Morgan fingerprint density at radius 2 is 1.88 bits per heavy atom. The van der Waals surface area contributed by atoms with Gasteiger partial charge in [0.15, 0.2) is 11.5 Å². The summed E-state index contributed by atoms with van der Waals surface area (Å²) in [7, 11) is 0. The molecule has 1 aliphatic heterocycles. The standard InChI is InChI=1S/C20H23NO3/c1-15-5-2-3-6-17(15)8-10-20(22)21-14-16-7-9-18-19(13-16)24-12-4-11-23-18/h2-3,5-7,9,13H,4,8,10-12,14H2,1H3,(H,21,22). The molecule has 4 heteroatoms. The maximum Gasteiger partial charge on any atom is 0.220 e. The van der Waals surface area contributed by atoms with E-state index in [0.717, 1.165) is 29.9 Å². The van der Waals surface area contributed by atoms with Gasteiger partial charge in [-0.1, -0.05) is 30.3 Å². The fraction of sp³-hybridized carbons (Fsp3) is 0.350. The van der Waals surface area contributed by atoms with Gasteiger partial charge < -0.3 is 14.8 Å². The number of hydrogen-bond donors (Lipinski definition) is 1. The Kier molecular flexibility index (Phi) is 5.36. The van der Waals surface area contributed by atoms with E-state index in [4.69, 9.17) is 9.47 Å². The molecule has 3 rings (SSSR count). The highest BCUT2D eigenvalue weighted by molar-refractivity contribution is 5.76. The van der Waals surface area contributed by atoms with E-state index in [9.17, 15) is 4.79 Å². The molecule has 0 fully saturated rings. The van der Waals surface area contributed by atoms with Gasteiger partial charge in [0.2, 0.25) is 5.91 Å². The highest BCUT2D eigenvalue weighted by Crippen LogP contribution is 2.30. The van der Waals surface area contributed by atoms with Gasteiger partial charge in [-0.2, -0.15) is 0 Å². The number of amides is 1. The summed E-state index contributed by atoms with van der Waals surface area (Å²) >= 11 is 0. The number of ether oxygens (including phenoxy) is 2. The number of aryl methyl sites for hydroxylation is 2. The molecule has 1 amide bonds. The molecule has 0 aromatic heterocycles. The second-order valence-corrected chi connectivity index (χ2v) is 6.03. The molecule has 0 radical (unpaired) electrons. The molecule has 4 nitrogen and oxygen atoms in total. The summed E-state index contributed by atoms with van der Waals surface area (Å²) in [6.45, 7) is 3.93. The zero-order chi connectivity index (χ0) is 16.8. The van der Waals surface area contributed by atoms with E-state index in [1.54, 1.807) is 0 Å². The van der Waals surface area contributed by atoms with Gasteiger partial charge in [-0.25, -0.2) is 0 Å². The first-order valence-corrected chi connectivity index (χ1v) is 8.42. The van der Waals surface area contributed by atoms with Gasteiger partial charge in [0.05, 0.1) is 13.2 Å². The number of benzene rings is 2. The largest absolute Gasteiger partial charge is 0.490 e. The minimum absolute atomic E-state index is 0.0605. The quantitative estimate of drug-likeness (QED) is 0.916. The van der Waals surface area contributed by atoms with Gasteiger partial charge in [-0.3, -0.25) is 4.79 Å². The Morgan fingerprint density at radius 3 is 2.71 bits per heavy atom. The van der Waals surface area contributed by atoms with Crippen LogP contribution in [0.4, 0.5) is 0 Å². The summed E-state index contributed by atoms with van der Waals surface area (Å²) in [5.41, 5.74) is 3.47. The molecule has 0 saturated heterocycles. The van der Waals surface area contributed by atoms with Gasteiger partial charge in [0.25, 0.3) is 0 Å². The van der Waals surface area contributed by atoms with E-state index in [-0.39, 0.29) is 5.91 Å². The van der Waals surface area contributed by atoms with Crippen molar-refractivity contribution < 1.29 is 14.3 Å². The molecule has 0 saturated carbocycles. The predicted molar refractivity (Wildman–Crippen MR) is 93.4 cm³/mol. The predicted octanol–water partition coefficient (Wildman–Crippen LogP) is 3.41. The minimum atomic E-state index is 0.0605. The van der Waals surface area contributed by atoms with Crippen molar-refractivity contribution >= 4 is 5.91 Å². The van der Waals surface area contributed by atoms with Crippen molar-refractivity contribution in [2.75, 3.05) is 13.2 Å². The molecule has 1 N–H and O–H groups in total. The molecule has 0 unspecified atom stereocenters. The van der Waals surface area contributed by atoms with Crippen molar-refractivity contribution in [3.63, 3.8) is 0 Å². The zero-order valence-electron chi connectivity index (χ0n) is 14.0. The van der Waals surface area contributed by atoms with Crippen LogP contribution in [0.3, 0.4) is 0 Å². The van der Waals surface area contributed by atoms with Gasteiger partial charge in [-0.05, 0) is 42.2 Å². The lowest BCUT2D eigenvalue weighted by atomic mass is 10.0. The SMILES string of the molecule is Cc1ccccc1CCC(=O)NCc1ccc2c(c1)OCCCO2. The lowest BCUT2D eigenvalue weighted by molar-refractivity contribution is -0.121. The second kappa shape index (κ2) is 7.86. The zero-order valence-corrected chi connectivity index (χ0v) is 14.0. The van der Waals surface area contributed by atoms with E-state index < -0.39 is 0 Å². The minimum Gasteiger partial charge on any atom is -0.490 e. The molecule has 24 heavy (non-hydrogen) atoms. The smallest absolute Gasteiger partial charge is 0.220 e. The molecule has 1 aliphatic rings. The number of nitrogens with one attached hydrogen (secondary N) is 1. The van der Waals surface area contributed by atoms with Crippen molar-refractivity contribution in [2.45, 2.75) is 32.7 Å². The van der Waals surface area contributed by atoms with Crippen LogP contribution in [-0.4, -0.2) is 19.1 Å². The van der Waals surface area contributed by atoms with Crippen LogP contribution in [0, 0.1) is 6.92 Å². The summed E-state index contributed by atoms with van der Waals surface area (Å²) in [4.78, 5) is 12.1. The monoisotopic (exact) mass is 325 g/mol. The first-order valence-electron chi connectivity index (χ1n) is 8.42. The molecule has 2 aromatic carbocycles. The van der Waals surface area contributed by atoms with Crippen LogP contribution in [0.15, 0.2) is 42.5 Å². The van der Waals surface area contributed by atoms with E-state index in [1.165, 1.54) is 11.1 Å². The van der Waals surface area contributed by atoms with Crippen LogP contribution in [0.1, 0.15) is 29.5 Å². The fourth-order valence-corrected chi connectivity index (χ4v) is 2.75. The molecule has 1 heterocycles. The summed E-state index contributed by atoms with van der Waals surface area (Å²) in [6, 6.07) is 14.0. The molecule has 0 bridgehead atoms. The molecular formula is C20H23NO3. The Morgan fingerprint density at radius 1 is 1.08 bits per heavy atom. The van der Waals surface area contributed by atoms with Crippen LogP contribution in [0.2, 0.25) is 0 Å². The van der Waals surface area contributed by atoms with Crippen molar-refractivity contribution in [3.8, 4) is 11.5 Å². The normalized spacial score (nSPS) is 13.2. The van der Waals surface area contributed by atoms with Crippen molar-refractivity contribution in [3.05, 3.63) is 59.2 Å². The first kappa shape index (κ1) is 16.4. The average Bonchev–Trinajstić information content (AvgIpc) is 2.84. The fourth-order valence-electron chi connectivity index (χ4n) is 2.75. The molecule has 0 atom stereocenters. The molecule has 2 aromatic rings. The third-order valence-corrected chi connectivity index (χ3v) is 4.18. The highest BCUT2D eigenvalue weighted by atomic mass is 16.5. The highest BCUT2D eigenvalue weighted by Gasteiger charge is 2.11. The topological polar surface area (TPSA) is 47.6 Å². The Bertz CT molecular complexity index is 712. The summed E-state index contributed by atoms with van der Waals surface area (Å²) in [5, 5.41) is 2.98. The van der Waals surface area contributed by atoms with Crippen LogP contribution >= 0.6 is 0 Å². The van der Waals surface area contributed by atoms with Crippen molar-refractivity contribution in [1.29, 1.82) is 0 Å². The van der Waals surface area contributed by atoms with Gasteiger partial charge >= 0.3 is 0 Å². The van der Waals surface area contributed by atoms with Crippen LogP contribution in [-0.2, 0) is 17.8 Å². The third kappa shape index (κ3) is 4.28. The number of carbonyl (C=O) groups excluding carboxylic acids is 1. The summed E-state index contributed by atoms with van der Waals surface area (Å²) in [5.74, 6) is 1.60. The van der Waals surface area contributed by atoms with Gasteiger partial charge in [0.1, 0.15) is 0 Å². The van der Waals surface area contributed by atoms with Crippen molar-refractivity contribution in [2.24, 2.45) is 0 Å². The molecule has 126 valence electrons. The number of carbonyl (C=O) groups is 1. The number of hydrogen-bond acceptors (Lipinski definition) is 3. The van der Waals surface area contributed by atoms with Crippen LogP contribution < -0.4 is 14.8 Å². The van der Waals surface area contributed by atoms with Gasteiger partial charge in [-0.15, -0.1) is 0 Å². The molecule has 0 spiro atoms. The van der Waals surface area contributed by atoms with E-state index in [2.05, 4.69) is 24.4 Å².